The molecule has 0 spiro atoms. The van der Waals surface area contributed by atoms with Crippen LogP contribution < -0.4 is 38.1 Å². The van der Waals surface area contributed by atoms with Gasteiger partial charge in [-0.1, -0.05) is 48.0 Å². The second-order valence-electron chi connectivity index (χ2n) is 11.5. The first-order valence-electron chi connectivity index (χ1n) is 14.7. The van der Waals surface area contributed by atoms with Crippen LogP contribution in [0.3, 0.4) is 0 Å². The fourth-order valence-electron chi connectivity index (χ4n) is 4.04. The SMILES string of the molecule is CC[C@H](C)[C@H](NC(=O)[C@@H](N)CC(C)C)C(=O)N[C@H](C(=O)N[C@@H](C)C(=O)NCC(=O)N[C@@H](CCCCN)C(=O)O)C(C)C. The van der Waals surface area contributed by atoms with Gasteiger partial charge in [0.05, 0.1) is 12.6 Å². The van der Waals surface area contributed by atoms with Crippen LogP contribution in [-0.2, 0) is 28.8 Å². The topological polar surface area (TPSA) is 235 Å². The number of rotatable bonds is 20. The number of nitrogens with two attached hydrogens (primary N) is 2. The Hall–Kier alpha value is -3.26. The summed E-state index contributed by atoms with van der Waals surface area (Å²) in [5, 5.41) is 22.0. The first-order chi connectivity index (χ1) is 19.5. The molecule has 6 atom stereocenters. The zero-order valence-electron chi connectivity index (χ0n) is 26.1. The van der Waals surface area contributed by atoms with Gasteiger partial charge < -0.3 is 43.2 Å². The van der Waals surface area contributed by atoms with E-state index < -0.39 is 72.3 Å². The first-order valence-corrected chi connectivity index (χ1v) is 14.7. The molecule has 0 fully saturated rings. The van der Waals surface area contributed by atoms with Gasteiger partial charge in [0, 0.05) is 0 Å². The van der Waals surface area contributed by atoms with Gasteiger partial charge in [-0.15, -0.1) is 0 Å². The molecule has 0 bridgehead atoms. The van der Waals surface area contributed by atoms with Crippen molar-refractivity contribution in [3.63, 3.8) is 0 Å². The number of carbonyl (C=O) groups excluding carboxylic acids is 5. The average molecular weight is 600 g/mol. The summed E-state index contributed by atoms with van der Waals surface area (Å²) in [6.45, 7) is 12.3. The molecule has 0 aromatic heterocycles. The second-order valence-corrected chi connectivity index (χ2v) is 11.5. The molecule has 0 radical (unpaired) electrons. The molecule has 0 heterocycles. The number of carbonyl (C=O) groups is 6. The zero-order valence-corrected chi connectivity index (χ0v) is 26.1. The van der Waals surface area contributed by atoms with Gasteiger partial charge in [-0.25, -0.2) is 4.79 Å². The molecule has 0 saturated carbocycles. The van der Waals surface area contributed by atoms with E-state index in [1.54, 1.807) is 13.8 Å². The average Bonchev–Trinajstić information content (AvgIpc) is 2.91. The van der Waals surface area contributed by atoms with Crippen LogP contribution in [0.5, 0.6) is 0 Å². The lowest BCUT2D eigenvalue weighted by molar-refractivity contribution is -0.142. The molecule has 0 aliphatic rings. The van der Waals surface area contributed by atoms with E-state index in [-0.39, 0.29) is 24.2 Å². The second kappa shape index (κ2) is 19.8. The first kappa shape index (κ1) is 38.7. The van der Waals surface area contributed by atoms with E-state index in [0.717, 1.165) is 0 Å². The minimum absolute atomic E-state index is 0.192. The lowest BCUT2D eigenvalue weighted by atomic mass is 9.95. The Bertz CT molecular complexity index is 913. The quantitative estimate of drug-likeness (QED) is 0.0829. The van der Waals surface area contributed by atoms with Crippen LogP contribution in [0.4, 0.5) is 0 Å². The zero-order chi connectivity index (χ0) is 32.6. The molecule has 0 unspecified atom stereocenters. The smallest absolute Gasteiger partial charge is 0.326 e. The van der Waals surface area contributed by atoms with Crippen molar-refractivity contribution in [1.29, 1.82) is 0 Å². The van der Waals surface area contributed by atoms with Gasteiger partial charge in [-0.3, -0.25) is 24.0 Å². The van der Waals surface area contributed by atoms with Crippen LogP contribution in [0.1, 0.15) is 80.6 Å². The Kier molecular flexibility index (Phi) is 18.3. The summed E-state index contributed by atoms with van der Waals surface area (Å²) < 4.78 is 0. The maximum Gasteiger partial charge on any atom is 0.326 e. The predicted molar refractivity (Wildman–Crippen MR) is 159 cm³/mol. The number of aliphatic carboxylic acids is 1. The minimum atomic E-state index is -1.19. The third kappa shape index (κ3) is 14.6. The molecule has 5 amide bonds. The van der Waals surface area contributed by atoms with Crippen molar-refractivity contribution >= 4 is 35.5 Å². The normalized spacial score (nSPS) is 15.5. The fraction of sp³-hybridized carbons (Fsp3) is 0.786. The van der Waals surface area contributed by atoms with Crippen LogP contribution in [0.25, 0.3) is 0 Å². The lowest BCUT2D eigenvalue weighted by Gasteiger charge is -2.29. The van der Waals surface area contributed by atoms with E-state index in [4.69, 9.17) is 11.5 Å². The van der Waals surface area contributed by atoms with Crippen molar-refractivity contribution in [1.82, 2.24) is 26.6 Å². The Labute approximate surface area is 249 Å². The highest BCUT2D eigenvalue weighted by Crippen LogP contribution is 2.12. The highest BCUT2D eigenvalue weighted by atomic mass is 16.4. The molecule has 42 heavy (non-hydrogen) atoms. The number of hydrogen-bond donors (Lipinski definition) is 8. The van der Waals surface area contributed by atoms with Crippen LogP contribution >= 0.6 is 0 Å². The van der Waals surface area contributed by atoms with Crippen molar-refractivity contribution in [3.05, 3.63) is 0 Å². The summed E-state index contributed by atoms with van der Waals surface area (Å²) in [6, 6.07) is -4.89. The van der Waals surface area contributed by atoms with Gasteiger partial charge in [-0.2, -0.15) is 0 Å². The Morgan fingerprint density at radius 2 is 1.33 bits per heavy atom. The number of carboxylic acid groups (broad SMARTS) is 1. The highest BCUT2D eigenvalue weighted by molar-refractivity contribution is 5.95. The standard InChI is InChI=1S/C28H53N7O7/c1-8-17(6)23(35-25(38)19(30)13-15(2)3)27(40)34-22(16(4)5)26(39)32-18(7)24(37)31-14-21(36)33-20(28(41)42)11-9-10-12-29/h15-20,22-23H,8-14,29-30H2,1-7H3,(H,31,37)(H,32,39)(H,33,36)(H,34,40)(H,35,38)(H,41,42)/t17-,18-,19-,20-,22-,23-/m0/s1. The summed E-state index contributed by atoms with van der Waals surface area (Å²) in [5.41, 5.74) is 11.4. The Morgan fingerprint density at radius 1 is 0.762 bits per heavy atom. The molecule has 0 aliphatic heterocycles. The molecule has 10 N–H and O–H groups in total. The third-order valence-corrected chi connectivity index (χ3v) is 6.86. The molecule has 0 aliphatic carbocycles. The number of carboxylic acids is 1. The predicted octanol–water partition coefficient (Wildman–Crippen LogP) is -0.649. The largest absolute Gasteiger partial charge is 0.480 e. The maximum atomic E-state index is 13.2. The van der Waals surface area contributed by atoms with E-state index in [9.17, 15) is 33.9 Å². The van der Waals surface area contributed by atoms with E-state index in [1.165, 1.54) is 6.92 Å². The molecule has 14 nitrogen and oxygen atoms in total. The van der Waals surface area contributed by atoms with E-state index in [2.05, 4.69) is 26.6 Å². The van der Waals surface area contributed by atoms with Gasteiger partial charge in [0.25, 0.3) is 0 Å². The maximum absolute atomic E-state index is 13.2. The monoisotopic (exact) mass is 599 g/mol. The van der Waals surface area contributed by atoms with Crippen LogP contribution in [0.15, 0.2) is 0 Å². The van der Waals surface area contributed by atoms with Gasteiger partial charge in [0.1, 0.15) is 24.2 Å². The summed E-state index contributed by atoms with van der Waals surface area (Å²) in [7, 11) is 0. The third-order valence-electron chi connectivity index (χ3n) is 6.86. The van der Waals surface area contributed by atoms with E-state index in [0.29, 0.717) is 32.2 Å². The molecule has 0 rings (SSSR count). The summed E-state index contributed by atoms with van der Waals surface area (Å²) >= 11 is 0. The fourth-order valence-corrected chi connectivity index (χ4v) is 4.04. The number of hydrogen-bond acceptors (Lipinski definition) is 8. The van der Waals surface area contributed by atoms with Crippen molar-refractivity contribution in [2.75, 3.05) is 13.1 Å². The molecule has 0 aromatic carbocycles. The summed E-state index contributed by atoms with van der Waals surface area (Å²) in [4.78, 5) is 75.1. The summed E-state index contributed by atoms with van der Waals surface area (Å²) in [5.74, 6) is -4.59. The van der Waals surface area contributed by atoms with Crippen LogP contribution in [0, 0.1) is 17.8 Å². The van der Waals surface area contributed by atoms with Crippen molar-refractivity contribution in [2.45, 2.75) is 111 Å². The molecule has 14 heteroatoms. The molecular formula is C28H53N7O7. The van der Waals surface area contributed by atoms with Crippen molar-refractivity contribution < 1.29 is 33.9 Å². The number of unbranched alkanes of at least 4 members (excludes halogenated alkanes) is 1. The van der Waals surface area contributed by atoms with Gasteiger partial charge in [0.15, 0.2) is 0 Å². The molecule has 0 aromatic rings. The van der Waals surface area contributed by atoms with Gasteiger partial charge in [-0.05, 0) is 56.9 Å². The minimum Gasteiger partial charge on any atom is -0.480 e. The Balaban J connectivity index is 5.21. The van der Waals surface area contributed by atoms with Crippen LogP contribution in [-0.4, -0.2) is 83.9 Å². The molecule has 242 valence electrons. The van der Waals surface area contributed by atoms with E-state index in [1.807, 2.05) is 27.7 Å². The number of nitrogens with one attached hydrogen (secondary N) is 5. The highest BCUT2D eigenvalue weighted by Gasteiger charge is 2.33. The van der Waals surface area contributed by atoms with Crippen LogP contribution in [0.2, 0.25) is 0 Å². The van der Waals surface area contributed by atoms with E-state index >= 15 is 0 Å². The molecule has 0 saturated heterocycles. The van der Waals surface area contributed by atoms with Gasteiger partial charge in [0.2, 0.25) is 29.5 Å². The Morgan fingerprint density at radius 3 is 1.83 bits per heavy atom. The van der Waals surface area contributed by atoms with Crippen molar-refractivity contribution in [3.8, 4) is 0 Å². The molecular weight excluding hydrogens is 546 g/mol. The lowest BCUT2D eigenvalue weighted by Crippen LogP contribution is -2.60. The number of amides is 5. The van der Waals surface area contributed by atoms with Crippen molar-refractivity contribution in [2.24, 2.45) is 29.2 Å². The summed E-state index contributed by atoms with van der Waals surface area (Å²) in [6.07, 6.45) is 2.38. The van der Waals surface area contributed by atoms with Gasteiger partial charge >= 0.3 is 5.97 Å².